The molecule has 0 radical (unpaired) electrons. The summed E-state index contributed by atoms with van der Waals surface area (Å²) in [4.78, 5) is 20.6. The number of hydrogen-bond donors (Lipinski definition) is 2. The second-order valence-corrected chi connectivity index (χ2v) is 6.57. The number of carbonyl (C=O) groups excluding carboxylic acids is 1. The third kappa shape index (κ3) is 5.69. The Hall–Kier alpha value is -3.12. The molecule has 1 aromatic heterocycles. The zero-order chi connectivity index (χ0) is 19.8. The predicted molar refractivity (Wildman–Crippen MR) is 110 cm³/mol. The monoisotopic (exact) mass is 396 g/mol. The maximum absolute atomic E-state index is 12.2. The Morgan fingerprint density at radius 2 is 1.64 bits per heavy atom. The molecule has 0 aliphatic carbocycles. The number of ether oxygens (including phenoxy) is 1. The SMILES string of the molecule is COc1ccc(CCNC(=O)c2cnc(NCc3ccc(Cl)cc3)nc2)cc1. The van der Waals surface area contributed by atoms with Crippen LogP contribution in [-0.4, -0.2) is 29.5 Å². The molecular formula is C21H21ClN4O2. The number of aromatic nitrogens is 2. The van der Waals surface area contributed by atoms with Gasteiger partial charge in [0.05, 0.1) is 12.7 Å². The molecule has 0 aliphatic rings. The van der Waals surface area contributed by atoms with Gasteiger partial charge in [-0.2, -0.15) is 0 Å². The Balaban J connectivity index is 1.45. The maximum Gasteiger partial charge on any atom is 0.254 e. The first kappa shape index (κ1) is 19.6. The second-order valence-electron chi connectivity index (χ2n) is 6.13. The van der Waals surface area contributed by atoms with Crippen molar-refractivity contribution >= 4 is 23.5 Å². The third-order valence-electron chi connectivity index (χ3n) is 4.14. The topological polar surface area (TPSA) is 76.1 Å². The molecule has 1 heterocycles. The van der Waals surface area contributed by atoms with Crippen LogP contribution < -0.4 is 15.4 Å². The molecule has 28 heavy (non-hydrogen) atoms. The van der Waals surface area contributed by atoms with Crippen molar-refractivity contribution in [1.82, 2.24) is 15.3 Å². The third-order valence-corrected chi connectivity index (χ3v) is 4.39. The summed E-state index contributed by atoms with van der Waals surface area (Å²) in [6, 6.07) is 15.3. The van der Waals surface area contributed by atoms with Gasteiger partial charge in [0.15, 0.2) is 0 Å². The second kappa shape index (κ2) is 9.71. The standard InChI is InChI=1S/C21H21ClN4O2/c1-28-19-8-4-15(5-9-19)10-11-23-20(27)17-13-25-21(26-14-17)24-12-16-2-6-18(22)7-3-16/h2-9,13-14H,10-12H2,1H3,(H,23,27)(H,24,25,26). The van der Waals surface area contributed by atoms with Crippen LogP contribution in [0.3, 0.4) is 0 Å². The summed E-state index contributed by atoms with van der Waals surface area (Å²) < 4.78 is 5.13. The van der Waals surface area contributed by atoms with Crippen LogP contribution in [0, 0.1) is 0 Å². The lowest BCUT2D eigenvalue weighted by atomic mass is 10.1. The molecule has 3 rings (SSSR count). The fourth-order valence-electron chi connectivity index (χ4n) is 2.53. The summed E-state index contributed by atoms with van der Waals surface area (Å²) in [7, 11) is 1.63. The van der Waals surface area contributed by atoms with Crippen LogP contribution in [0.4, 0.5) is 5.95 Å². The number of benzene rings is 2. The largest absolute Gasteiger partial charge is 0.497 e. The van der Waals surface area contributed by atoms with E-state index in [0.29, 0.717) is 29.6 Å². The molecule has 2 N–H and O–H groups in total. The van der Waals surface area contributed by atoms with Crippen LogP contribution in [-0.2, 0) is 13.0 Å². The summed E-state index contributed by atoms with van der Waals surface area (Å²) in [5.74, 6) is 1.08. The van der Waals surface area contributed by atoms with Gasteiger partial charge < -0.3 is 15.4 Å². The highest BCUT2D eigenvalue weighted by Gasteiger charge is 2.07. The van der Waals surface area contributed by atoms with Crippen LogP contribution in [0.5, 0.6) is 5.75 Å². The molecule has 0 saturated heterocycles. The molecule has 144 valence electrons. The molecule has 0 spiro atoms. The lowest BCUT2D eigenvalue weighted by Crippen LogP contribution is -2.26. The van der Waals surface area contributed by atoms with E-state index in [1.165, 1.54) is 12.4 Å². The molecular weight excluding hydrogens is 376 g/mol. The normalized spacial score (nSPS) is 10.4. The van der Waals surface area contributed by atoms with Gasteiger partial charge in [-0.1, -0.05) is 35.9 Å². The average molecular weight is 397 g/mol. The number of hydrogen-bond acceptors (Lipinski definition) is 5. The van der Waals surface area contributed by atoms with E-state index in [2.05, 4.69) is 20.6 Å². The summed E-state index contributed by atoms with van der Waals surface area (Å²) in [5, 5.41) is 6.69. The minimum absolute atomic E-state index is 0.197. The van der Waals surface area contributed by atoms with Gasteiger partial charge in [0.1, 0.15) is 5.75 Å². The average Bonchev–Trinajstić information content (AvgIpc) is 2.74. The quantitative estimate of drug-likeness (QED) is 0.606. The molecule has 7 heteroatoms. The highest BCUT2D eigenvalue weighted by molar-refractivity contribution is 6.30. The van der Waals surface area contributed by atoms with Crippen molar-refractivity contribution in [2.24, 2.45) is 0 Å². The number of carbonyl (C=O) groups is 1. The maximum atomic E-state index is 12.2. The van der Waals surface area contributed by atoms with Crippen LogP contribution in [0.15, 0.2) is 60.9 Å². The number of amides is 1. The van der Waals surface area contributed by atoms with E-state index < -0.39 is 0 Å². The van der Waals surface area contributed by atoms with Gasteiger partial charge in [-0.05, 0) is 41.8 Å². The van der Waals surface area contributed by atoms with Crippen LogP contribution >= 0.6 is 11.6 Å². The predicted octanol–water partition coefficient (Wildman–Crippen LogP) is 3.72. The first-order valence-corrected chi connectivity index (χ1v) is 9.23. The van der Waals surface area contributed by atoms with E-state index in [-0.39, 0.29) is 5.91 Å². The summed E-state index contributed by atoms with van der Waals surface area (Å²) in [5.41, 5.74) is 2.61. The highest BCUT2D eigenvalue weighted by Crippen LogP contribution is 2.12. The molecule has 3 aromatic rings. The molecule has 0 fully saturated rings. The lowest BCUT2D eigenvalue weighted by Gasteiger charge is -2.07. The molecule has 0 aliphatic heterocycles. The number of methoxy groups -OCH3 is 1. The van der Waals surface area contributed by atoms with Crippen LogP contribution in [0.2, 0.25) is 5.02 Å². The minimum atomic E-state index is -0.197. The van der Waals surface area contributed by atoms with E-state index in [0.717, 1.165) is 23.3 Å². The summed E-state index contributed by atoms with van der Waals surface area (Å²) >= 11 is 5.87. The molecule has 0 saturated carbocycles. The number of anilines is 1. The smallest absolute Gasteiger partial charge is 0.254 e. The first-order chi connectivity index (χ1) is 13.6. The van der Waals surface area contributed by atoms with Crippen LogP contribution in [0.25, 0.3) is 0 Å². The first-order valence-electron chi connectivity index (χ1n) is 8.85. The fourth-order valence-corrected chi connectivity index (χ4v) is 2.66. The van der Waals surface area contributed by atoms with Gasteiger partial charge in [0.25, 0.3) is 5.91 Å². The van der Waals surface area contributed by atoms with Gasteiger partial charge in [-0.3, -0.25) is 4.79 Å². The van der Waals surface area contributed by atoms with Crippen molar-refractivity contribution in [3.63, 3.8) is 0 Å². The zero-order valence-electron chi connectivity index (χ0n) is 15.5. The van der Waals surface area contributed by atoms with Crippen molar-refractivity contribution in [2.45, 2.75) is 13.0 Å². The van der Waals surface area contributed by atoms with E-state index in [4.69, 9.17) is 16.3 Å². The number of nitrogens with zero attached hydrogens (tertiary/aromatic N) is 2. The molecule has 0 atom stereocenters. The van der Waals surface area contributed by atoms with E-state index >= 15 is 0 Å². The summed E-state index contributed by atoms with van der Waals surface area (Å²) in [6.07, 6.45) is 3.76. The number of nitrogens with one attached hydrogen (secondary N) is 2. The summed E-state index contributed by atoms with van der Waals surface area (Å²) in [6.45, 7) is 1.10. The number of halogens is 1. The van der Waals surface area contributed by atoms with E-state index in [1.54, 1.807) is 7.11 Å². The van der Waals surface area contributed by atoms with Crippen molar-refractivity contribution in [3.8, 4) is 5.75 Å². The Kier molecular flexibility index (Phi) is 6.81. The van der Waals surface area contributed by atoms with Gasteiger partial charge in [-0.25, -0.2) is 9.97 Å². The lowest BCUT2D eigenvalue weighted by molar-refractivity contribution is 0.0953. The van der Waals surface area contributed by atoms with Crippen molar-refractivity contribution in [3.05, 3.63) is 82.6 Å². The fraction of sp³-hybridized carbons (Fsp3) is 0.190. The molecule has 0 bridgehead atoms. The van der Waals surface area contributed by atoms with Gasteiger partial charge in [0, 0.05) is 30.5 Å². The Bertz CT molecular complexity index is 897. The minimum Gasteiger partial charge on any atom is -0.497 e. The molecule has 0 unspecified atom stereocenters. The van der Waals surface area contributed by atoms with E-state index in [1.807, 2.05) is 48.5 Å². The van der Waals surface area contributed by atoms with Crippen LogP contribution in [0.1, 0.15) is 21.5 Å². The van der Waals surface area contributed by atoms with E-state index in [9.17, 15) is 4.79 Å². The molecule has 1 amide bonds. The van der Waals surface area contributed by atoms with Gasteiger partial charge in [-0.15, -0.1) is 0 Å². The molecule has 2 aromatic carbocycles. The zero-order valence-corrected chi connectivity index (χ0v) is 16.2. The highest BCUT2D eigenvalue weighted by atomic mass is 35.5. The van der Waals surface area contributed by atoms with Crippen molar-refractivity contribution < 1.29 is 9.53 Å². The number of rotatable bonds is 8. The van der Waals surface area contributed by atoms with Gasteiger partial charge in [0.2, 0.25) is 5.95 Å². The Labute approximate surface area is 168 Å². The van der Waals surface area contributed by atoms with Crippen molar-refractivity contribution in [1.29, 1.82) is 0 Å². The van der Waals surface area contributed by atoms with Gasteiger partial charge >= 0.3 is 0 Å². The Morgan fingerprint density at radius 3 is 2.29 bits per heavy atom. The Morgan fingerprint density at radius 1 is 1.00 bits per heavy atom. The molecule has 6 nitrogen and oxygen atoms in total. The van der Waals surface area contributed by atoms with Crippen molar-refractivity contribution in [2.75, 3.05) is 19.0 Å².